The fourth-order valence-corrected chi connectivity index (χ4v) is 3.87. The predicted octanol–water partition coefficient (Wildman–Crippen LogP) is 1.60. The van der Waals surface area contributed by atoms with Crippen LogP contribution >= 0.6 is 23.3 Å². The lowest BCUT2D eigenvalue weighted by Gasteiger charge is -2.26. The molecule has 1 aromatic rings. The molecule has 17 heavy (non-hydrogen) atoms. The summed E-state index contributed by atoms with van der Waals surface area (Å²) >= 11 is 2.99. The van der Waals surface area contributed by atoms with Crippen LogP contribution in [0.1, 0.15) is 25.7 Å². The molecule has 7 heteroatoms. The van der Waals surface area contributed by atoms with E-state index < -0.39 is 11.5 Å². The Morgan fingerprint density at radius 2 is 2.59 bits per heavy atom. The monoisotopic (exact) mass is 273 g/mol. The van der Waals surface area contributed by atoms with E-state index in [0.717, 1.165) is 29.4 Å². The second-order valence-corrected chi connectivity index (χ2v) is 6.40. The molecule has 0 saturated heterocycles. The number of carboxylic acid groups (broad SMARTS) is 1. The van der Waals surface area contributed by atoms with Crippen molar-refractivity contribution >= 4 is 29.3 Å². The molecule has 0 aliphatic heterocycles. The molecule has 5 nitrogen and oxygen atoms in total. The van der Waals surface area contributed by atoms with Gasteiger partial charge >= 0.3 is 5.97 Å². The summed E-state index contributed by atoms with van der Waals surface area (Å²) in [5.41, 5.74) is 4.96. The highest BCUT2D eigenvalue weighted by atomic mass is 32.2. The van der Waals surface area contributed by atoms with Gasteiger partial charge in [0.2, 0.25) is 0 Å². The maximum atomic E-state index is 11.2. The van der Waals surface area contributed by atoms with Gasteiger partial charge in [0.1, 0.15) is 11.9 Å². The van der Waals surface area contributed by atoms with Crippen molar-refractivity contribution in [1.29, 1.82) is 0 Å². The van der Waals surface area contributed by atoms with Gasteiger partial charge in [-0.3, -0.25) is 4.79 Å². The Morgan fingerprint density at radius 1 is 1.76 bits per heavy atom. The molecule has 0 radical (unpaired) electrons. The van der Waals surface area contributed by atoms with Gasteiger partial charge in [0.25, 0.3) is 0 Å². The largest absolute Gasteiger partial charge is 0.480 e. The van der Waals surface area contributed by atoms with Crippen molar-refractivity contribution in [1.82, 2.24) is 9.36 Å². The number of carboxylic acids is 1. The molecule has 1 aromatic heterocycles. The van der Waals surface area contributed by atoms with Crippen molar-refractivity contribution in [2.75, 3.05) is 5.75 Å². The van der Waals surface area contributed by atoms with Crippen molar-refractivity contribution in [2.24, 2.45) is 11.7 Å². The van der Waals surface area contributed by atoms with Crippen molar-refractivity contribution < 1.29 is 9.90 Å². The Hall–Kier alpha value is -0.660. The molecule has 94 valence electrons. The van der Waals surface area contributed by atoms with Crippen molar-refractivity contribution in [2.45, 2.75) is 35.6 Å². The third kappa shape index (κ3) is 2.78. The molecular weight excluding hydrogens is 258 g/mol. The zero-order valence-corrected chi connectivity index (χ0v) is 11.0. The van der Waals surface area contributed by atoms with E-state index in [0.29, 0.717) is 6.42 Å². The first-order valence-electron chi connectivity index (χ1n) is 5.54. The number of thioether (sulfide) groups is 1. The summed E-state index contributed by atoms with van der Waals surface area (Å²) in [5, 5.41) is 9.17. The fourth-order valence-electron chi connectivity index (χ4n) is 2.30. The third-order valence-corrected chi connectivity index (χ3v) is 5.13. The standard InChI is InChI=1S/C10H15N3O2S2/c11-10(8(14)15)4-1-2-7(10)3-5-16-9-12-6-13-17-9/h6-7H,1-5,11H2,(H,14,15). The number of aromatic nitrogens is 2. The van der Waals surface area contributed by atoms with Crippen LogP contribution in [0.15, 0.2) is 10.7 Å². The van der Waals surface area contributed by atoms with Crippen LogP contribution in [0.4, 0.5) is 0 Å². The van der Waals surface area contributed by atoms with Crippen LogP contribution in [-0.2, 0) is 4.79 Å². The molecule has 2 unspecified atom stereocenters. The fraction of sp³-hybridized carbons (Fsp3) is 0.700. The van der Waals surface area contributed by atoms with Gasteiger partial charge in [-0.25, -0.2) is 4.98 Å². The Balaban J connectivity index is 1.84. The SMILES string of the molecule is NC1(C(=O)O)CCCC1CCSc1ncns1. The molecule has 1 aliphatic rings. The summed E-state index contributed by atoms with van der Waals surface area (Å²) in [6, 6.07) is 0. The average molecular weight is 273 g/mol. The van der Waals surface area contributed by atoms with Gasteiger partial charge in [0.05, 0.1) is 0 Å². The highest BCUT2D eigenvalue weighted by Gasteiger charge is 2.45. The Labute approximate surface area is 108 Å². The Bertz CT molecular complexity index is 385. The second-order valence-electron chi connectivity index (χ2n) is 4.28. The van der Waals surface area contributed by atoms with E-state index in [4.69, 9.17) is 5.73 Å². The average Bonchev–Trinajstić information content (AvgIpc) is 2.90. The molecule has 3 N–H and O–H groups in total. The van der Waals surface area contributed by atoms with E-state index >= 15 is 0 Å². The van der Waals surface area contributed by atoms with Crippen LogP contribution in [0.3, 0.4) is 0 Å². The van der Waals surface area contributed by atoms with Gasteiger partial charge < -0.3 is 10.8 Å². The second kappa shape index (κ2) is 5.32. The van der Waals surface area contributed by atoms with Gasteiger partial charge in [-0.2, -0.15) is 4.37 Å². The van der Waals surface area contributed by atoms with Crippen molar-refractivity contribution in [3.05, 3.63) is 6.33 Å². The summed E-state index contributed by atoms with van der Waals surface area (Å²) in [5.74, 6) is 0.0767. The lowest BCUT2D eigenvalue weighted by molar-refractivity contribution is -0.144. The van der Waals surface area contributed by atoms with Crippen LogP contribution in [0.25, 0.3) is 0 Å². The molecule has 2 rings (SSSR count). The molecule has 1 heterocycles. The minimum absolute atomic E-state index is 0.0837. The van der Waals surface area contributed by atoms with E-state index in [9.17, 15) is 9.90 Å². The van der Waals surface area contributed by atoms with Crippen LogP contribution in [0.5, 0.6) is 0 Å². The Kier molecular flexibility index (Phi) is 4.01. The van der Waals surface area contributed by atoms with E-state index in [1.165, 1.54) is 17.9 Å². The summed E-state index contributed by atoms with van der Waals surface area (Å²) in [6.07, 6.45) is 4.78. The molecule has 2 atom stereocenters. The zero-order chi connectivity index (χ0) is 12.3. The van der Waals surface area contributed by atoms with E-state index in [2.05, 4.69) is 9.36 Å². The molecule has 0 bridgehead atoms. The van der Waals surface area contributed by atoms with Crippen LogP contribution in [-0.4, -0.2) is 31.7 Å². The molecule has 0 spiro atoms. The van der Waals surface area contributed by atoms with Crippen LogP contribution in [0, 0.1) is 5.92 Å². The van der Waals surface area contributed by atoms with E-state index in [-0.39, 0.29) is 5.92 Å². The van der Waals surface area contributed by atoms with Crippen LogP contribution in [0.2, 0.25) is 0 Å². The first kappa shape index (κ1) is 12.8. The van der Waals surface area contributed by atoms with Crippen LogP contribution < -0.4 is 5.73 Å². The summed E-state index contributed by atoms with van der Waals surface area (Å²) < 4.78 is 4.85. The molecule has 0 aromatic carbocycles. The van der Waals surface area contributed by atoms with Gasteiger partial charge in [0.15, 0.2) is 4.34 Å². The predicted molar refractivity (Wildman–Crippen MR) is 67.1 cm³/mol. The number of nitrogens with zero attached hydrogens (tertiary/aromatic N) is 2. The molecule has 1 aliphatic carbocycles. The molecule has 1 saturated carbocycles. The number of hydrogen-bond acceptors (Lipinski definition) is 6. The molecule has 0 amide bonds. The number of rotatable bonds is 5. The lowest BCUT2D eigenvalue weighted by Crippen LogP contribution is -2.51. The third-order valence-electron chi connectivity index (χ3n) is 3.30. The smallest absolute Gasteiger partial charge is 0.323 e. The van der Waals surface area contributed by atoms with Gasteiger partial charge in [-0.05, 0) is 36.7 Å². The first-order valence-corrected chi connectivity index (χ1v) is 7.30. The number of aliphatic carboxylic acids is 1. The van der Waals surface area contributed by atoms with Gasteiger partial charge in [-0.15, -0.1) is 0 Å². The quantitative estimate of drug-likeness (QED) is 0.792. The van der Waals surface area contributed by atoms with E-state index in [1.807, 2.05) is 0 Å². The number of nitrogens with two attached hydrogens (primary N) is 1. The molecular formula is C10H15N3O2S2. The maximum absolute atomic E-state index is 11.2. The normalized spacial score (nSPS) is 28.4. The highest BCUT2D eigenvalue weighted by molar-refractivity contribution is 8.00. The number of carbonyl (C=O) groups is 1. The minimum atomic E-state index is -1.01. The van der Waals surface area contributed by atoms with Crippen molar-refractivity contribution in [3.63, 3.8) is 0 Å². The summed E-state index contributed by atoms with van der Waals surface area (Å²) in [6.45, 7) is 0. The maximum Gasteiger partial charge on any atom is 0.323 e. The highest BCUT2D eigenvalue weighted by Crippen LogP contribution is 2.37. The molecule has 1 fully saturated rings. The van der Waals surface area contributed by atoms with E-state index in [1.54, 1.807) is 11.8 Å². The minimum Gasteiger partial charge on any atom is -0.480 e. The number of hydrogen-bond donors (Lipinski definition) is 2. The Morgan fingerprint density at radius 3 is 3.24 bits per heavy atom. The van der Waals surface area contributed by atoms with Gasteiger partial charge in [0, 0.05) is 5.75 Å². The summed E-state index contributed by atoms with van der Waals surface area (Å²) in [7, 11) is 0. The summed E-state index contributed by atoms with van der Waals surface area (Å²) in [4.78, 5) is 15.2. The van der Waals surface area contributed by atoms with Gasteiger partial charge in [-0.1, -0.05) is 18.2 Å². The topological polar surface area (TPSA) is 89.1 Å². The van der Waals surface area contributed by atoms with Crippen molar-refractivity contribution in [3.8, 4) is 0 Å². The lowest BCUT2D eigenvalue weighted by atomic mass is 9.86. The first-order chi connectivity index (χ1) is 8.13. The zero-order valence-electron chi connectivity index (χ0n) is 9.33.